The van der Waals surface area contributed by atoms with Gasteiger partial charge in [0.2, 0.25) is 5.82 Å². The summed E-state index contributed by atoms with van der Waals surface area (Å²) < 4.78 is 0. The Labute approximate surface area is 80.9 Å². The maximum absolute atomic E-state index is 11.8. The number of aromatic amines is 1. The molecule has 0 saturated heterocycles. The number of hydrogen-bond donors (Lipinski definition) is 2. The number of carbonyl (C=O) groups is 1. The molecule has 0 radical (unpaired) electrons. The lowest BCUT2D eigenvalue weighted by Crippen LogP contribution is -2.36. The van der Waals surface area contributed by atoms with Crippen molar-refractivity contribution in [1.82, 2.24) is 20.1 Å². The molecule has 0 unspecified atom stereocenters. The van der Waals surface area contributed by atoms with Gasteiger partial charge in [-0.3, -0.25) is 9.89 Å². The van der Waals surface area contributed by atoms with Crippen LogP contribution in [0.3, 0.4) is 0 Å². The number of hydrogen-bond acceptors (Lipinski definition) is 4. The number of nitrogens with zero attached hydrogens (tertiary/aromatic N) is 3. The fourth-order valence-corrected chi connectivity index (χ4v) is 1.39. The van der Waals surface area contributed by atoms with Crippen molar-refractivity contribution in [2.24, 2.45) is 0 Å². The molecule has 14 heavy (non-hydrogen) atoms. The summed E-state index contributed by atoms with van der Waals surface area (Å²) in [5.74, 6) is 0.0596. The molecule has 0 aliphatic heterocycles. The Kier molecular flexibility index (Phi) is 2.45. The van der Waals surface area contributed by atoms with Gasteiger partial charge >= 0.3 is 0 Å². The summed E-state index contributed by atoms with van der Waals surface area (Å²) in [6, 6.07) is 0.278. The van der Waals surface area contributed by atoms with Crippen molar-refractivity contribution in [3.63, 3.8) is 0 Å². The first-order valence-corrected chi connectivity index (χ1v) is 4.60. The van der Waals surface area contributed by atoms with Gasteiger partial charge in [-0.05, 0) is 12.8 Å². The lowest BCUT2D eigenvalue weighted by atomic mass is 10.4. The van der Waals surface area contributed by atoms with E-state index in [4.69, 9.17) is 5.11 Å². The van der Waals surface area contributed by atoms with Gasteiger partial charge in [0.05, 0.1) is 6.61 Å². The molecular formula is C8H12N4O2. The van der Waals surface area contributed by atoms with Crippen LogP contribution in [-0.2, 0) is 0 Å². The third-order valence-corrected chi connectivity index (χ3v) is 2.21. The van der Waals surface area contributed by atoms with Crippen molar-refractivity contribution in [3.8, 4) is 0 Å². The summed E-state index contributed by atoms with van der Waals surface area (Å²) >= 11 is 0. The number of carbonyl (C=O) groups excluding carboxylic acids is 1. The molecule has 1 amide bonds. The molecular weight excluding hydrogens is 184 g/mol. The molecule has 76 valence electrons. The fraction of sp³-hybridized carbons (Fsp3) is 0.625. The van der Waals surface area contributed by atoms with Crippen molar-refractivity contribution in [2.45, 2.75) is 18.9 Å². The first-order chi connectivity index (χ1) is 6.83. The maximum atomic E-state index is 11.8. The predicted molar refractivity (Wildman–Crippen MR) is 47.5 cm³/mol. The van der Waals surface area contributed by atoms with Gasteiger partial charge in [-0.2, -0.15) is 5.10 Å². The highest BCUT2D eigenvalue weighted by atomic mass is 16.3. The Morgan fingerprint density at radius 3 is 3.00 bits per heavy atom. The molecule has 2 N–H and O–H groups in total. The van der Waals surface area contributed by atoms with E-state index < -0.39 is 0 Å². The molecule has 1 aliphatic carbocycles. The second-order valence-electron chi connectivity index (χ2n) is 3.29. The normalized spacial score (nSPS) is 15.5. The zero-order valence-corrected chi connectivity index (χ0v) is 7.68. The largest absolute Gasteiger partial charge is 0.395 e. The van der Waals surface area contributed by atoms with E-state index in [1.54, 1.807) is 4.90 Å². The lowest BCUT2D eigenvalue weighted by molar-refractivity contribution is 0.0696. The van der Waals surface area contributed by atoms with Gasteiger partial charge in [-0.1, -0.05) is 0 Å². The smallest absolute Gasteiger partial charge is 0.291 e. The number of aromatic nitrogens is 3. The van der Waals surface area contributed by atoms with E-state index in [1.165, 1.54) is 6.33 Å². The summed E-state index contributed by atoms with van der Waals surface area (Å²) in [5.41, 5.74) is 0. The summed E-state index contributed by atoms with van der Waals surface area (Å²) in [6.07, 6.45) is 3.33. The summed E-state index contributed by atoms with van der Waals surface area (Å²) in [5, 5.41) is 15.0. The van der Waals surface area contributed by atoms with Gasteiger partial charge in [0, 0.05) is 12.6 Å². The van der Waals surface area contributed by atoms with Crippen LogP contribution < -0.4 is 0 Å². The van der Waals surface area contributed by atoms with Crippen LogP contribution in [0.4, 0.5) is 0 Å². The van der Waals surface area contributed by atoms with Crippen LogP contribution in [0.15, 0.2) is 6.33 Å². The Morgan fingerprint density at radius 2 is 2.50 bits per heavy atom. The molecule has 1 fully saturated rings. The number of aliphatic hydroxyl groups excluding tert-OH is 1. The van der Waals surface area contributed by atoms with E-state index in [9.17, 15) is 4.79 Å². The van der Waals surface area contributed by atoms with Gasteiger partial charge < -0.3 is 10.0 Å². The van der Waals surface area contributed by atoms with Crippen molar-refractivity contribution < 1.29 is 9.90 Å². The zero-order valence-electron chi connectivity index (χ0n) is 7.68. The number of nitrogens with one attached hydrogen (secondary N) is 1. The van der Waals surface area contributed by atoms with Crippen molar-refractivity contribution in [2.75, 3.05) is 13.2 Å². The summed E-state index contributed by atoms with van der Waals surface area (Å²) in [6.45, 7) is 0.348. The predicted octanol–water partition coefficient (Wildman–Crippen LogP) is -0.598. The first kappa shape index (κ1) is 9.14. The van der Waals surface area contributed by atoms with Crippen LogP contribution in [0.2, 0.25) is 0 Å². The standard InChI is InChI=1S/C8H12N4O2/c13-4-3-12(6-1-2-6)8(14)7-9-5-10-11-7/h5-6,13H,1-4H2,(H,9,10,11). The molecule has 1 heterocycles. The molecule has 6 heteroatoms. The fourth-order valence-electron chi connectivity index (χ4n) is 1.39. The molecule has 6 nitrogen and oxygen atoms in total. The van der Waals surface area contributed by atoms with E-state index in [2.05, 4.69) is 15.2 Å². The van der Waals surface area contributed by atoms with E-state index in [0.29, 0.717) is 6.54 Å². The highest BCUT2D eigenvalue weighted by Gasteiger charge is 2.33. The monoisotopic (exact) mass is 196 g/mol. The highest BCUT2D eigenvalue weighted by Crippen LogP contribution is 2.27. The van der Waals surface area contributed by atoms with Gasteiger partial charge in [-0.15, -0.1) is 0 Å². The van der Waals surface area contributed by atoms with Crippen LogP contribution in [0.5, 0.6) is 0 Å². The van der Waals surface area contributed by atoms with Crippen LogP contribution in [0.25, 0.3) is 0 Å². The first-order valence-electron chi connectivity index (χ1n) is 4.60. The molecule has 0 atom stereocenters. The molecule has 0 spiro atoms. The third kappa shape index (κ3) is 1.74. The quantitative estimate of drug-likeness (QED) is 0.673. The van der Waals surface area contributed by atoms with Crippen LogP contribution in [-0.4, -0.2) is 50.3 Å². The molecule has 1 aromatic rings. The van der Waals surface area contributed by atoms with Crippen molar-refractivity contribution >= 4 is 5.91 Å². The molecule has 1 saturated carbocycles. The number of amides is 1. The number of H-pyrrole nitrogens is 1. The molecule has 2 rings (SSSR count). The van der Waals surface area contributed by atoms with E-state index in [0.717, 1.165) is 12.8 Å². The number of aliphatic hydroxyl groups is 1. The Balaban J connectivity index is 2.07. The molecule has 0 bridgehead atoms. The van der Waals surface area contributed by atoms with Crippen LogP contribution >= 0.6 is 0 Å². The maximum Gasteiger partial charge on any atom is 0.291 e. The van der Waals surface area contributed by atoms with Crippen molar-refractivity contribution in [3.05, 3.63) is 12.2 Å². The average Bonchev–Trinajstić information content (AvgIpc) is 2.88. The zero-order chi connectivity index (χ0) is 9.97. The third-order valence-electron chi connectivity index (χ3n) is 2.21. The Hall–Kier alpha value is -1.43. The van der Waals surface area contributed by atoms with Crippen molar-refractivity contribution in [1.29, 1.82) is 0 Å². The SMILES string of the molecule is O=C(c1ncn[nH]1)N(CCO)C1CC1. The minimum absolute atomic E-state index is 0.0175. The second kappa shape index (κ2) is 3.75. The lowest BCUT2D eigenvalue weighted by Gasteiger charge is -2.19. The number of rotatable bonds is 4. The molecule has 1 aromatic heterocycles. The van der Waals surface area contributed by atoms with Gasteiger partial charge in [0.1, 0.15) is 6.33 Å². The second-order valence-corrected chi connectivity index (χ2v) is 3.29. The molecule has 0 aromatic carbocycles. The highest BCUT2D eigenvalue weighted by molar-refractivity contribution is 5.90. The van der Waals surface area contributed by atoms with Gasteiger partial charge in [0.25, 0.3) is 5.91 Å². The topological polar surface area (TPSA) is 82.1 Å². The van der Waals surface area contributed by atoms with E-state index in [-0.39, 0.29) is 24.4 Å². The molecule has 1 aliphatic rings. The minimum Gasteiger partial charge on any atom is -0.395 e. The Bertz CT molecular complexity index is 307. The average molecular weight is 196 g/mol. The van der Waals surface area contributed by atoms with Gasteiger partial charge in [-0.25, -0.2) is 4.98 Å². The summed E-state index contributed by atoms with van der Waals surface area (Å²) in [7, 11) is 0. The van der Waals surface area contributed by atoms with Crippen LogP contribution in [0, 0.1) is 0 Å². The van der Waals surface area contributed by atoms with E-state index in [1.807, 2.05) is 0 Å². The van der Waals surface area contributed by atoms with Crippen LogP contribution in [0.1, 0.15) is 23.5 Å². The summed E-state index contributed by atoms with van der Waals surface area (Å²) in [4.78, 5) is 17.2. The van der Waals surface area contributed by atoms with Gasteiger partial charge in [0.15, 0.2) is 0 Å². The minimum atomic E-state index is -0.181. The van der Waals surface area contributed by atoms with E-state index >= 15 is 0 Å². The Morgan fingerprint density at radius 1 is 1.71 bits per heavy atom.